The second-order valence-corrected chi connectivity index (χ2v) is 3.39. The molecule has 1 aromatic carbocycles. The predicted octanol–water partition coefficient (Wildman–Crippen LogP) is 2.47. The molecule has 0 aliphatic heterocycles. The van der Waals surface area contributed by atoms with Crippen molar-refractivity contribution in [3.8, 4) is 11.1 Å². The lowest BCUT2D eigenvalue weighted by Crippen LogP contribution is -1.94. The predicted molar refractivity (Wildman–Crippen MR) is 61.7 cm³/mol. The van der Waals surface area contributed by atoms with Crippen molar-refractivity contribution < 1.29 is 9.72 Å². The molecule has 0 spiro atoms. The van der Waals surface area contributed by atoms with Gasteiger partial charge in [0, 0.05) is 24.0 Å². The third-order valence-electron chi connectivity index (χ3n) is 2.35. The van der Waals surface area contributed by atoms with E-state index in [9.17, 15) is 14.9 Å². The van der Waals surface area contributed by atoms with Crippen molar-refractivity contribution >= 4 is 12.0 Å². The number of nitro benzene ring substituents is 1. The van der Waals surface area contributed by atoms with Gasteiger partial charge in [0.05, 0.1) is 10.5 Å². The SMILES string of the molecule is O=Cc1ccc(-c2cccnc2)cc1[N+](=O)[O-]. The molecule has 0 saturated carbocycles. The van der Waals surface area contributed by atoms with Gasteiger partial charge in [0.1, 0.15) is 0 Å². The van der Waals surface area contributed by atoms with E-state index in [1.165, 1.54) is 12.1 Å². The third-order valence-corrected chi connectivity index (χ3v) is 2.35. The molecule has 1 aromatic heterocycles. The highest BCUT2D eigenvalue weighted by atomic mass is 16.6. The van der Waals surface area contributed by atoms with Gasteiger partial charge >= 0.3 is 0 Å². The fourth-order valence-electron chi connectivity index (χ4n) is 1.51. The van der Waals surface area contributed by atoms with Gasteiger partial charge < -0.3 is 0 Å². The van der Waals surface area contributed by atoms with Gasteiger partial charge in [-0.25, -0.2) is 0 Å². The highest BCUT2D eigenvalue weighted by molar-refractivity contribution is 5.83. The van der Waals surface area contributed by atoms with E-state index in [4.69, 9.17) is 0 Å². The van der Waals surface area contributed by atoms with Gasteiger partial charge in [-0.15, -0.1) is 0 Å². The van der Waals surface area contributed by atoms with Crippen LogP contribution in [0.1, 0.15) is 10.4 Å². The summed E-state index contributed by atoms with van der Waals surface area (Å²) in [5.41, 5.74) is 1.31. The number of aldehydes is 1. The molecule has 0 unspecified atom stereocenters. The summed E-state index contributed by atoms with van der Waals surface area (Å²) in [7, 11) is 0. The number of carbonyl (C=O) groups excluding carboxylic acids is 1. The molecule has 2 rings (SSSR count). The van der Waals surface area contributed by atoms with Gasteiger partial charge in [-0.1, -0.05) is 12.1 Å². The monoisotopic (exact) mass is 228 g/mol. The molecule has 17 heavy (non-hydrogen) atoms. The van der Waals surface area contributed by atoms with Crippen LogP contribution in [0, 0.1) is 10.1 Å². The van der Waals surface area contributed by atoms with Crippen molar-refractivity contribution in [2.45, 2.75) is 0 Å². The molecule has 0 radical (unpaired) electrons. The number of pyridine rings is 1. The lowest BCUT2D eigenvalue weighted by atomic mass is 10.0. The maximum absolute atomic E-state index is 10.8. The summed E-state index contributed by atoms with van der Waals surface area (Å²) in [5.74, 6) is 0. The largest absolute Gasteiger partial charge is 0.298 e. The highest BCUT2D eigenvalue weighted by Gasteiger charge is 2.14. The molecule has 5 heteroatoms. The van der Waals surface area contributed by atoms with Gasteiger partial charge in [0.15, 0.2) is 6.29 Å². The molecule has 0 aliphatic carbocycles. The molecule has 0 atom stereocenters. The van der Waals surface area contributed by atoms with E-state index < -0.39 is 4.92 Å². The first-order valence-electron chi connectivity index (χ1n) is 4.86. The molecule has 0 fully saturated rings. The quantitative estimate of drug-likeness (QED) is 0.459. The Morgan fingerprint density at radius 2 is 2.06 bits per heavy atom. The summed E-state index contributed by atoms with van der Waals surface area (Å²) in [6.45, 7) is 0. The van der Waals surface area contributed by atoms with Crippen LogP contribution < -0.4 is 0 Å². The van der Waals surface area contributed by atoms with Crippen LogP contribution in [0.15, 0.2) is 42.7 Å². The van der Waals surface area contributed by atoms with E-state index in [-0.39, 0.29) is 11.3 Å². The summed E-state index contributed by atoms with van der Waals surface area (Å²) >= 11 is 0. The van der Waals surface area contributed by atoms with Crippen molar-refractivity contribution in [1.29, 1.82) is 0 Å². The smallest absolute Gasteiger partial charge is 0.280 e. The van der Waals surface area contributed by atoms with Gasteiger partial charge in [-0.3, -0.25) is 19.9 Å². The number of nitrogens with zero attached hydrogens (tertiary/aromatic N) is 2. The number of carbonyl (C=O) groups is 1. The van der Waals surface area contributed by atoms with Crippen LogP contribution in [0.4, 0.5) is 5.69 Å². The van der Waals surface area contributed by atoms with E-state index >= 15 is 0 Å². The molecule has 84 valence electrons. The second-order valence-electron chi connectivity index (χ2n) is 3.39. The molecule has 0 saturated heterocycles. The average molecular weight is 228 g/mol. The maximum Gasteiger partial charge on any atom is 0.280 e. The lowest BCUT2D eigenvalue weighted by molar-refractivity contribution is -0.385. The Balaban J connectivity index is 2.55. The Morgan fingerprint density at radius 1 is 1.24 bits per heavy atom. The zero-order valence-electron chi connectivity index (χ0n) is 8.74. The van der Waals surface area contributed by atoms with E-state index in [0.717, 1.165) is 5.56 Å². The summed E-state index contributed by atoms with van der Waals surface area (Å²) in [6, 6.07) is 8.02. The number of benzene rings is 1. The van der Waals surface area contributed by atoms with E-state index in [1.807, 2.05) is 0 Å². The first-order chi connectivity index (χ1) is 8.22. The molecule has 0 bridgehead atoms. The number of aromatic nitrogens is 1. The fourth-order valence-corrected chi connectivity index (χ4v) is 1.51. The van der Waals surface area contributed by atoms with Crippen molar-refractivity contribution in [3.63, 3.8) is 0 Å². The molecule has 2 aromatic rings. The molecule has 0 aliphatic rings. The Kier molecular flexibility index (Phi) is 2.91. The highest BCUT2D eigenvalue weighted by Crippen LogP contribution is 2.25. The van der Waals surface area contributed by atoms with Crippen LogP contribution in [0.3, 0.4) is 0 Å². The minimum Gasteiger partial charge on any atom is -0.298 e. The number of hydrogen-bond donors (Lipinski definition) is 0. The number of hydrogen-bond acceptors (Lipinski definition) is 4. The maximum atomic E-state index is 10.8. The second kappa shape index (κ2) is 4.52. The van der Waals surface area contributed by atoms with Crippen molar-refractivity contribution in [3.05, 3.63) is 58.4 Å². The van der Waals surface area contributed by atoms with Gasteiger partial charge in [-0.2, -0.15) is 0 Å². The fraction of sp³-hybridized carbons (Fsp3) is 0. The molecule has 0 amide bonds. The van der Waals surface area contributed by atoms with Crippen LogP contribution >= 0.6 is 0 Å². The van der Waals surface area contributed by atoms with E-state index in [0.29, 0.717) is 11.8 Å². The van der Waals surface area contributed by atoms with Crippen molar-refractivity contribution in [2.24, 2.45) is 0 Å². The van der Waals surface area contributed by atoms with Crippen LogP contribution in [0.2, 0.25) is 0 Å². The van der Waals surface area contributed by atoms with Gasteiger partial charge in [0.2, 0.25) is 0 Å². The molecule has 0 N–H and O–H groups in total. The van der Waals surface area contributed by atoms with Crippen LogP contribution in [-0.2, 0) is 0 Å². The minimum absolute atomic E-state index is 0.0719. The number of nitro groups is 1. The standard InChI is InChI=1S/C12H8N2O3/c15-8-11-4-3-9(6-12(11)14(16)17)10-2-1-5-13-7-10/h1-8H. The zero-order valence-corrected chi connectivity index (χ0v) is 8.74. The van der Waals surface area contributed by atoms with Crippen molar-refractivity contribution in [1.82, 2.24) is 4.98 Å². The summed E-state index contributed by atoms with van der Waals surface area (Å²) in [6.07, 6.45) is 3.71. The average Bonchev–Trinajstić information content (AvgIpc) is 2.39. The minimum atomic E-state index is -0.566. The third kappa shape index (κ3) is 2.17. The lowest BCUT2D eigenvalue weighted by Gasteiger charge is -2.02. The first kappa shape index (κ1) is 10.9. The normalized spacial score (nSPS) is 9.88. The van der Waals surface area contributed by atoms with Gasteiger partial charge in [0.25, 0.3) is 5.69 Å². The summed E-state index contributed by atoms with van der Waals surface area (Å²) in [4.78, 5) is 24.8. The Morgan fingerprint density at radius 3 is 2.65 bits per heavy atom. The zero-order chi connectivity index (χ0) is 12.3. The first-order valence-corrected chi connectivity index (χ1v) is 4.86. The van der Waals surface area contributed by atoms with Crippen LogP contribution in [0.25, 0.3) is 11.1 Å². The summed E-state index contributed by atoms with van der Waals surface area (Å²) in [5, 5.41) is 10.8. The van der Waals surface area contributed by atoms with Crippen LogP contribution in [-0.4, -0.2) is 16.2 Å². The van der Waals surface area contributed by atoms with Gasteiger partial charge in [-0.05, 0) is 17.7 Å². The number of rotatable bonds is 3. The summed E-state index contributed by atoms with van der Waals surface area (Å²) < 4.78 is 0. The molecule has 1 heterocycles. The van der Waals surface area contributed by atoms with E-state index in [2.05, 4.69) is 4.98 Å². The van der Waals surface area contributed by atoms with E-state index in [1.54, 1.807) is 30.6 Å². The topological polar surface area (TPSA) is 73.1 Å². The Labute approximate surface area is 96.9 Å². The molecular formula is C12H8N2O3. The Bertz CT molecular complexity index is 567. The Hall–Kier alpha value is -2.56. The molecule has 5 nitrogen and oxygen atoms in total. The van der Waals surface area contributed by atoms with Crippen LogP contribution in [0.5, 0.6) is 0 Å². The molecular weight excluding hydrogens is 220 g/mol. The van der Waals surface area contributed by atoms with Crippen molar-refractivity contribution in [2.75, 3.05) is 0 Å².